The summed E-state index contributed by atoms with van der Waals surface area (Å²) in [6.07, 6.45) is 4.73. The first-order chi connectivity index (χ1) is 12.3. The molecule has 25 heavy (non-hydrogen) atoms. The predicted molar refractivity (Wildman–Crippen MR) is 100 cm³/mol. The predicted octanol–water partition coefficient (Wildman–Crippen LogP) is 1.76. The zero-order valence-corrected chi connectivity index (χ0v) is 14.4. The van der Waals surface area contributed by atoms with E-state index >= 15 is 0 Å². The molecule has 0 atom stereocenters. The molecule has 7 heteroatoms. The molecule has 1 fully saturated rings. The van der Waals surface area contributed by atoms with Crippen LogP contribution >= 0.6 is 0 Å². The third-order valence-electron chi connectivity index (χ3n) is 4.73. The maximum atomic E-state index is 4.62. The highest BCUT2D eigenvalue weighted by atomic mass is 15.3. The van der Waals surface area contributed by atoms with Crippen LogP contribution in [0.3, 0.4) is 0 Å². The molecule has 1 aromatic carbocycles. The second kappa shape index (κ2) is 7.06. The molecule has 1 saturated heterocycles. The zero-order valence-electron chi connectivity index (χ0n) is 14.4. The van der Waals surface area contributed by atoms with Gasteiger partial charge in [-0.25, -0.2) is 0 Å². The molecule has 2 aromatic heterocycles. The Morgan fingerprint density at radius 3 is 2.88 bits per heavy atom. The van der Waals surface area contributed by atoms with Crippen molar-refractivity contribution in [2.75, 3.05) is 50.0 Å². The van der Waals surface area contributed by atoms with Gasteiger partial charge in [0.1, 0.15) is 0 Å². The highest BCUT2D eigenvalue weighted by Gasteiger charge is 2.16. The number of hydrogen-bond acceptors (Lipinski definition) is 6. The van der Waals surface area contributed by atoms with Gasteiger partial charge in [-0.05, 0) is 25.1 Å². The van der Waals surface area contributed by atoms with Gasteiger partial charge < -0.3 is 20.1 Å². The van der Waals surface area contributed by atoms with Crippen LogP contribution in [0.4, 0.5) is 11.8 Å². The first-order valence-corrected chi connectivity index (χ1v) is 8.72. The quantitative estimate of drug-likeness (QED) is 0.739. The van der Waals surface area contributed by atoms with Crippen LogP contribution < -0.4 is 10.2 Å². The van der Waals surface area contributed by atoms with E-state index in [9.17, 15) is 0 Å². The first kappa shape index (κ1) is 15.8. The summed E-state index contributed by atoms with van der Waals surface area (Å²) in [5, 5.41) is 12.8. The van der Waals surface area contributed by atoms with Gasteiger partial charge >= 0.3 is 0 Å². The van der Waals surface area contributed by atoms with E-state index in [1.165, 1.54) is 16.5 Å². The van der Waals surface area contributed by atoms with Gasteiger partial charge in [0.05, 0.1) is 6.20 Å². The largest absolute Gasteiger partial charge is 0.361 e. The van der Waals surface area contributed by atoms with Gasteiger partial charge in [0.25, 0.3) is 0 Å². The Bertz CT molecular complexity index is 836. The monoisotopic (exact) mass is 337 g/mol. The molecule has 3 heterocycles. The molecule has 0 saturated carbocycles. The number of aromatic nitrogens is 4. The summed E-state index contributed by atoms with van der Waals surface area (Å²) in [5.41, 5.74) is 2.47. The Morgan fingerprint density at radius 1 is 1.16 bits per heavy atom. The number of likely N-dealkylation sites (N-methyl/N-ethyl adjacent to an activating group) is 1. The minimum absolute atomic E-state index is 0.594. The number of hydrogen-bond donors (Lipinski definition) is 2. The molecule has 3 aromatic rings. The Hall–Kier alpha value is -2.67. The van der Waals surface area contributed by atoms with E-state index in [0.29, 0.717) is 5.95 Å². The second-order valence-corrected chi connectivity index (χ2v) is 6.46. The molecule has 7 nitrogen and oxygen atoms in total. The van der Waals surface area contributed by atoms with Crippen molar-refractivity contribution in [3.05, 3.63) is 42.2 Å². The summed E-state index contributed by atoms with van der Waals surface area (Å²) in [6.45, 7) is 4.82. The molecule has 0 unspecified atom stereocenters. The van der Waals surface area contributed by atoms with E-state index < -0.39 is 0 Å². The molecule has 130 valence electrons. The molecule has 0 bridgehead atoms. The van der Waals surface area contributed by atoms with Crippen molar-refractivity contribution >= 4 is 22.7 Å². The fourth-order valence-electron chi connectivity index (χ4n) is 3.21. The minimum Gasteiger partial charge on any atom is -0.361 e. The first-order valence-electron chi connectivity index (χ1n) is 8.72. The Morgan fingerprint density at radius 2 is 2.00 bits per heavy atom. The van der Waals surface area contributed by atoms with Crippen molar-refractivity contribution in [3.63, 3.8) is 0 Å². The molecule has 2 N–H and O–H groups in total. The molecule has 1 aliphatic heterocycles. The molecule has 1 aliphatic rings. The van der Waals surface area contributed by atoms with Crippen LogP contribution in [-0.2, 0) is 6.42 Å². The van der Waals surface area contributed by atoms with E-state index in [-0.39, 0.29) is 0 Å². The van der Waals surface area contributed by atoms with E-state index in [4.69, 9.17) is 0 Å². The lowest BCUT2D eigenvalue weighted by Crippen LogP contribution is -2.44. The summed E-state index contributed by atoms with van der Waals surface area (Å²) in [6, 6.07) is 8.36. The number of nitrogens with one attached hydrogen (secondary N) is 2. The number of aromatic amines is 1. The third-order valence-corrected chi connectivity index (χ3v) is 4.73. The van der Waals surface area contributed by atoms with Crippen LogP contribution in [-0.4, -0.2) is 64.8 Å². The summed E-state index contributed by atoms with van der Waals surface area (Å²) < 4.78 is 0. The third kappa shape index (κ3) is 3.56. The summed E-state index contributed by atoms with van der Waals surface area (Å²) in [4.78, 5) is 12.5. The van der Waals surface area contributed by atoms with Gasteiger partial charge in [0.2, 0.25) is 5.95 Å². The fraction of sp³-hybridized carbons (Fsp3) is 0.389. The lowest BCUT2D eigenvalue weighted by atomic mass is 10.1. The van der Waals surface area contributed by atoms with Gasteiger partial charge in [0, 0.05) is 49.8 Å². The van der Waals surface area contributed by atoms with Gasteiger partial charge in [-0.15, -0.1) is 5.10 Å². The molecule has 4 rings (SSSR count). The molecule has 0 spiro atoms. The van der Waals surface area contributed by atoms with E-state index in [2.05, 4.69) is 66.7 Å². The summed E-state index contributed by atoms with van der Waals surface area (Å²) in [5.74, 6) is 1.49. The Balaban J connectivity index is 1.37. The highest BCUT2D eigenvalue weighted by molar-refractivity contribution is 5.83. The molecule has 0 aliphatic carbocycles. The molecular formula is C18H23N7. The molecular weight excluding hydrogens is 314 g/mol. The maximum Gasteiger partial charge on any atom is 0.244 e. The average Bonchev–Trinajstić information content (AvgIpc) is 3.06. The van der Waals surface area contributed by atoms with Gasteiger partial charge in [-0.1, -0.05) is 18.2 Å². The standard InChI is InChI=1S/C18H23N7/c1-24-8-10-25(11-9-24)17-13-21-23-18(22-17)19-7-6-14-12-20-16-5-3-2-4-15(14)16/h2-5,12-13,20H,6-11H2,1H3,(H,19,22,23). The lowest BCUT2D eigenvalue weighted by Gasteiger charge is -2.32. The summed E-state index contributed by atoms with van der Waals surface area (Å²) in [7, 11) is 2.15. The van der Waals surface area contributed by atoms with Gasteiger partial charge in [-0.2, -0.15) is 10.1 Å². The minimum atomic E-state index is 0.594. The van der Waals surface area contributed by atoms with E-state index in [1.54, 1.807) is 6.20 Å². The lowest BCUT2D eigenvalue weighted by molar-refractivity contribution is 0.312. The van der Waals surface area contributed by atoms with Crippen molar-refractivity contribution in [3.8, 4) is 0 Å². The van der Waals surface area contributed by atoms with Crippen molar-refractivity contribution in [2.45, 2.75) is 6.42 Å². The summed E-state index contributed by atoms with van der Waals surface area (Å²) >= 11 is 0. The Labute approximate surface area is 147 Å². The zero-order chi connectivity index (χ0) is 17.1. The van der Waals surface area contributed by atoms with Crippen molar-refractivity contribution in [2.24, 2.45) is 0 Å². The second-order valence-electron chi connectivity index (χ2n) is 6.46. The van der Waals surface area contributed by atoms with Crippen molar-refractivity contribution in [1.82, 2.24) is 25.1 Å². The average molecular weight is 337 g/mol. The SMILES string of the molecule is CN1CCN(c2cnnc(NCCc3c[nH]c4ccccc34)n2)CC1. The highest BCUT2D eigenvalue weighted by Crippen LogP contribution is 2.18. The van der Waals surface area contributed by atoms with Crippen LogP contribution in [0.1, 0.15) is 5.56 Å². The number of anilines is 2. The molecule has 0 amide bonds. The smallest absolute Gasteiger partial charge is 0.244 e. The van der Waals surface area contributed by atoms with Crippen LogP contribution in [0, 0.1) is 0 Å². The normalized spacial score (nSPS) is 15.6. The van der Waals surface area contributed by atoms with Crippen LogP contribution in [0.5, 0.6) is 0 Å². The fourth-order valence-corrected chi connectivity index (χ4v) is 3.21. The van der Waals surface area contributed by atoms with E-state index in [1.807, 2.05) is 6.07 Å². The number of piperazine rings is 1. The van der Waals surface area contributed by atoms with Crippen LogP contribution in [0.25, 0.3) is 10.9 Å². The number of rotatable bonds is 5. The number of nitrogens with zero attached hydrogens (tertiary/aromatic N) is 5. The topological polar surface area (TPSA) is 73.0 Å². The van der Waals surface area contributed by atoms with E-state index in [0.717, 1.165) is 45.0 Å². The van der Waals surface area contributed by atoms with Crippen LogP contribution in [0.2, 0.25) is 0 Å². The van der Waals surface area contributed by atoms with Gasteiger partial charge in [0.15, 0.2) is 5.82 Å². The van der Waals surface area contributed by atoms with Gasteiger partial charge in [-0.3, -0.25) is 0 Å². The number of H-pyrrole nitrogens is 1. The van der Waals surface area contributed by atoms with Crippen molar-refractivity contribution in [1.29, 1.82) is 0 Å². The number of fused-ring (bicyclic) bond motifs is 1. The van der Waals surface area contributed by atoms with Crippen molar-refractivity contribution < 1.29 is 0 Å². The molecule has 0 radical (unpaired) electrons. The Kier molecular flexibility index (Phi) is 4.47. The van der Waals surface area contributed by atoms with Crippen LogP contribution in [0.15, 0.2) is 36.7 Å². The number of benzene rings is 1. The number of para-hydroxylation sites is 1. The maximum absolute atomic E-state index is 4.62.